The summed E-state index contributed by atoms with van der Waals surface area (Å²) in [4.78, 5) is 23.3. The molecule has 0 fully saturated rings. The Kier molecular flexibility index (Phi) is 8.99. The highest BCUT2D eigenvalue weighted by Gasteiger charge is 2.08. The van der Waals surface area contributed by atoms with Crippen molar-refractivity contribution in [3.8, 4) is 5.75 Å². The normalized spacial score (nSPS) is 11.1. The number of hydrazone groups is 1. The molecule has 2 N–H and O–H groups in total. The Labute approximate surface area is 158 Å². The van der Waals surface area contributed by atoms with Gasteiger partial charge in [-0.15, -0.1) is 0 Å². The summed E-state index contributed by atoms with van der Waals surface area (Å²) in [6.45, 7) is 6.06. The molecule has 0 spiro atoms. The molecule has 0 bridgehead atoms. The molecule has 132 valence electrons. The van der Waals surface area contributed by atoms with E-state index < -0.39 is 5.91 Å². The number of halogens is 2. The maximum Gasteiger partial charge on any atom is 0.277 e. The summed E-state index contributed by atoms with van der Waals surface area (Å²) in [5.74, 6) is 0.0687. The summed E-state index contributed by atoms with van der Waals surface area (Å²) in [5, 5.41) is 6.64. The van der Waals surface area contributed by atoms with Gasteiger partial charge in [-0.2, -0.15) is 5.10 Å². The summed E-state index contributed by atoms with van der Waals surface area (Å²) in [6.07, 6.45) is 1.03. The predicted octanol–water partition coefficient (Wildman–Crippen LogP) is 3.31. The van der Waals surface area contributed by atoms with Gasteiger partial charge in [-0.05, 0) is 53.9 Å². The highest BCUT2D eigenvalue weighted by Crippen LogP contribution is 2.31. The third-order valence-electron chi connectivity index (χ3n) is 2.93. The second-order valence-corrected chi connectivity index (χ2v) is 6.94. The van der Waals surface area contributed by atoms with E-state index in [9.17, 15) is 9.59 Å². The van der Waals surface area contributed by atoms with E-state index in [0.717, 1.165) is 20.9 Å². The van der Waals surface area contributed by atoms with Crippen molar-refractivity contribution in [2.45, 2.75) is 33.6 Å². The molecule has 24 heavy (non-hydrogen) atoms. The molecule has 0 heterocycles. The molecule has 0 unspecified atom stereocenters. The number of benzene rings is 1. The van der Waals surface area contributed by atoms with Crippen molar-refractivity contribution in [1.29, 1.82) is 0 Å². The minimum Gasteiger partial charge on any atom is -0.483 e. The van der Waals surface area contributed by atoms with Crippen LogP contribution >= 0.6 is 31.9 Å². The van der Waals surface area contributed by atoms with Crippen LogP contribution in [0.4, 0.5) is 0 Å². The van der Waals surface area contributed by atoms with Crippen molar-refractivity contribution >= 4 is 49.4 Å². The van der Waals surface area contributed by atoms with E-state index in [1.54, 1.807) is 6.92 Å². The molecule has 0 saturated carbocycles. The molecule has 0 aliphatic heterocycles. The third kappa shape index (κ3) is 7.44. The Morgan fingerprint density at radius 3 is 2.58 bits per heavy atom. The number of rotatable bonds is 8. The average molecular weight is 463 g/mol. The van der Waals surface area contributed by atoms with E-state index in [-0.39, 0.29) is 18.9 Å². The first-order valence-corrected chi connectivity index (χ1v) is 9.09. The van der Waals surface area contributed by atoms with E-state index in [1.165, 1.54) is 0 Å². The molecular weight excluding hydrogens is 442 g/mol. The Hall–Kier alpha value is -1.41. The molecule has 0 saturated heterocycles. The minimum absolute atomic E-state index is 0.113. The van der Waals surface area contributed by atoms with E-state index >= 15 is 0 Å². The molecule has 2 amide bonds. The Morgan fingerprint density at radius 1 is 1.21 bits per heavy atom. The summed E-state index contributed by atoms with van der Waals surface area (Å²) >= 11 is 6.80. The van der Waals surface area contributed by atoms with Crippen molar-refractivity contribution in [2.75, 3.05) is 13.2 Å². The molecule has 1 rings (SSSR count). The van der Waals surface area contributed by atoms with Crippen molar-refractivity contribution < 1.29 is 14.3 Å². The van der Waals surface area contributed by atoms with Gasteiger partial charge in [-0.25, -0.2) is 5.43 Å². The van der Waals surface area contributed by atoms with Gasteiger partial charge in [0.25, 0.3) is 5.91 Å². The molecular formula is C16H21Br2N3O3. The summed E-state index contributed by atoms with van der Waals surface area (Å²) in [5.41, 5.74) is 3.91. The van der Waals surface area contributed by atoms with Gasteiger partial charge < -0.3 is 10.1 Å². The second-order valence-electron chi connectivity index (χ2n) is 5.23. The van der Waals surface area contributed by atoms with Gasteiger partial charge in [0.05, 0.1) is 10.9 Å². The van der Waals surface area contributed by atoms with Crippen molar-refractivity contribution in [3.63, 3.8) is 0 Å². The van der Waals surface area contributed by atoms with E-state index in [1.807, 2.05) is 26.0 Å². The molecule has 8 heteroatoms. The Bertz CT molecular complexity index is 633. The van der Waals surface area contributed by atoms with Crippen LogP contribution in [0, 0.1) is 6.92 Å². The van der Waals surface area contributed by atoms with Crippen molar-refractivity contribution in [3.05, 3.63) is 26.6 Å². The predicted molar refractivity (Wildman–Crippen MR) is 101 cm³/mol. The SMILES string of the molecule is CCCNC(=O)C/C(C)=N/NC(=O)COc1cc(C)c(Br)cc1Br. The van der Waals surface area contributed by atoms with Crippen molar-refractivity contribution in [2.24, 2.45) is 5.10 Å². The summed E-state index contributed by atoms with van der Waals surface area (Å²) in [6, 6.07) is 3.69. The lowest BCUT2D eigenvalue weighted by Gasteiger charge is -2.09. The number of amides is 2. The number of ether oxygens (including phenoxy) is 1. The molecule has 1 aromatic rings. The fourth-order valence-corrected chi connectivity index (χ4v) is 2.78. The number of nitrogens with zero attached hydrogens (tertiary/aromatic N) is 1. The zero-order chi connectivity index (χ0) is 18.1. The highest BCUT2D eigenvalue weighted by molar-refractivity contribution is 9.11. The van der Waals surface area contributed by atoms with Crippen LogP contribution in [-0.2, 0) is 9.59 Å². The molecule has 0 aromatic heterocycles. The molecule has 0 atom stereocenters. The van der Waals surface area contributed by atoms with E-state index in [4.69, 9.17) is 4.74 Å². The first kappa shape index (κ1) is 20.6. The first-order valence-electron chi connectivity index (χ1n) is 7.50. The van der Waals surface area contributed by atoms with Gasteiger partial charge in [0, 0.05) is 16.7 Å². The van der Waals surface area contributed by atoms with Crippen LogP contribution in [-0.4, -0.2) is 30.7 Å². The van der Waals surface area contributed by atoms with Gasteiger partial charge in [0.2, 0.25) is 5.91 Å². The Balaban J connectivity index is 2.45. The van der Waals surface area contributed by atoms with Crippen LogP contribution in [0.2, 0.25) is 0 Å². The van der Waals surface area contributed by atoms with Crippen LogP contribution in [0.15, 0.2) is 26.2 Å². The van der Waals surface area contributed by atoms with Crippen molar-refractivity contribution in [1.82, 2.24) is 10.7 Å². The highest BCUT2D eigenvalue weighted by atomic mass is 79.9. The number of carbonyl (C=O) groups is 2. The maximum atomic E-state index is 11.8. The van der Waals surface area contributed by atoms with Crippen LogP contribution < -0.4 is 15.5 Å². The van der Waals surface area contributed by atoms with Crippen LogP contribution in [0.3, 0.4) is 0 Å². The smallest absolute Gasteiger partial charge is 0.277 e. The van der Waals surface area contributed by atoms with E-state index in [2.05, 4.69) is 47.7 Å². The van der Waals surface area contributed by atoms with Gasteiger partial charge >= 0.3 is 0 Å². The van der Waals surface area contributed by atoms with Gasteiger partial charge in [0.15, 0.2) is 6.61 Å². The minimum atomic E-state index is -0.393. The first-order chi connectivity index (χ1) is 11.3. The third-order valence-corrected chi connectivity index (χ3v) is 4.41. The maximum absolute atomic E-state index is 11.8. The fraction of sp³-hybridized carbons (Fsp3) is 0.438. The standard InChI is InChI=1S/C16H21Br2N3O3/c1-4-5-19-15(22)7-11(3)20-21-16(23)9-24-14-6-10(2)12(17)8-13(14)18/h6,8H,4-5,7,9H2,1-3H3,(H,19,22)(H,21,23)/b20-11+. The van der Waals surface area contributed by atoms with Gasteiger partial charge in [-0.3, -0.25) is 9.59 Å². The summed E-state index contributed by atoms with van der Waals surface area (Å²) < 4.78 is 7.17. The molecule has 0 aliphatic carbocycles. The molecule has 0 aliphatic rings. The second kappa shape index (κ2) is 10.5. The van der Waals surface area contributed by atoms with Crippen LogP contribution in [0.5, 0.6) is 5.75 Å². The lowest BCUT2D eigenvalue weighted by molar-refractivity contribution is -0.123. The van der Waals surface area contributed by atoms with Crippen LogP contribution in [0.1, 0.15) is 32.3 Å². The lowest BCUT2D eigenvalue weighted by atomic mass is 10.2. The number of hydrogen-bond acceptors (Lipinski definition) is 4. The number of hydrogen-bond donors (Lipinski definition) is 2. The van der Waals surface area contributed by atoms with Gasteiger partial charge in [-0.1, -0.05) is 22.9 Å². The number of aryl methyl sites for hydroxylation is 1. The lowest BCUT2D eigenvalue weighted by Crippen LogP contribution is -2.28. The summed E-state index contributed by atoms with van der Waals surface area (Å²) in [7, 11) is 0. The average Bonchev–Trinajstić information content (AvgIpc) is 2.53. The zero-order valence-corrected chi connectivity index (χ0v) is 17.1. The molecule has 1 aromatic carbocycles. The zero-order valence-electron chi connectivity index (χ0n) is 13.9. The topological polar surface area (TPSA) is 79.8 Å². The quantitative estimate of drug-likeness (QED) is 0.459. The van der Waals surface area contributed by atoms with Crippen LogP contribution in [0.25, 0.3) is 0 Å². The van der Waals surface area contributed by atoms with E-state index in [0.29, 0.717) is 18.0 Å². The largest absolute Gasteiger partial charge is 0.483 e. The number of nitrogens with one attached hydrogen (secondary N) is 2. The number of carbonyl (C=O) groups excluding carboxylic acids is 2. The van der Waals surface area contributed by atoms with Gasteiger partial charge in [0.1, 0.15) is 5.75 Å². The molecule has 0 radical (unpaired) electrons. The monoisotopic (exact) mass is 461 g/mol. The fourth-order valence-electron chi connectivity index (χ4n) is 1.67. The Morgan fingerprint density at radius 2 is 1.92 bits per heavy atom. The molecule has 6 nitrogen and oxygen atoms in total.